The van der Waals surface area contributed by atoms with Crippen molar-refractivity contribution in [3.8, 4) is 0 Å². The van der Waals surface area contributed by atoms with Crippen LogP contribution in [0.3, 0.4) is 0 Å². The van der Waals surface area contributed by atoms with Crippen LogP contribution in [-0.4, -0.2) is 5.91 Å². The maximum atomic E-state index is 11.7. The highest BCUT2D eigenvalue weighted by Crippen LogP contribution is 2.45. The van der Waals surface area contributed by atoms with Gasteiger partial charge in [-0.05, 0) is 66.5 Å². The van der Waals surface area contributed by atoms with Crippen molar-refractivity contribution < 1.29 is 7.54 Å². The molecule has 1 unspecified atom stereocenters. The maximum Gasteiger partial charge on any atom is 0.224 e. The van der Waals surface area contributed by atoms with Crippen LogP contribution in [0, 0.1) is 12.8 Å². The van der Waals surface area contributed by atoms with Gasteiger partial charge in [0.15, 0.2) is 0 Å². The summed E-state index contributed by atoms with van der Waals surface area (Å²) in [6, 6.07) is 3.97. The predicted octanol–water partition coefficient (Wildman–Crippen LogP) is 3.24. The van der Waals surface area contributed by atoms with Crippen LogP contribution in [0.15, 0.2) is 17.7 Å². The SMILES string of the molecule is [2H]C1([2H])CCC2=C(Cc3cc(C)c(Cl)cc32)C1C(N)=O. The average Bonchev–Trinajstić information content (AvgIpc) is 2.65. The minimum Gasteiger partial charge on any atom is -0.369 e. The number of hydrogen-bond donors (Lipinski definition) is 1. The number of hydrogen-bond acceptors (Lipinski definition) is 1. The highest BCUT2D eigenvalue weighted by atomic mass is 35.5. The first-order valence-corrected chi connectivity index (χ1v) is 6.49. The van der Waals surface area contributed by atoms with Gasteiger partial charge in [-0.1, -0.05) is 17.7 Å². The summed E-state index contributed by atoms with van der Waals surface area (Å²) in [6.45, 7) is 1.95. The van der Waals surface area contributed by atoms with Crippen LogP contribution in [0.2, 0.25) is 5.02 Å². The van der Waals surface area contributed by atoms with Gasteiger partial charge >= 0.3 is 0 Å². The molecular formula is C15H16ClNO. The molecule has 94 valence electrons. The zero-order valence-electron chi connectivity index (χ0n) is 12.2. The number of carbonyl (C=O) groups is 1. The molecule has 0 fully saturated rings. The second-order valence-corrected chi connectivity index (χ2v) is 5.39. The third-order valence-corrected chi connectivity index (χ3v) is 4.24. The quantitative estimate of drug-likeness (QED) is 0.830. The van der Waals surface area contributed by atoms with Crippen molar-refractivity contribution in [2.24, 2.45) is 11.7 Å². The molecule has 0 heterocycles. The highest BCUT2D eigenvalue weighted by Gasteiger charge is 2.33. The van der Waals surface area contributed by atoms with Crippen molar-refractivity contribution >= 4 is 23.1 Å². The Morgan fingerprint density at radius 3 is 3.06 bits per heavy atom. The van der Waals surface area contributed by atoms with Gasteiger partial charge in [0.2, 0.25) is 5.91 Å². The van der Waals surface area contributed by atoms with Crippen LogP contribution in [0.5, 0.6) is 0 Å². The van der Waals surface area contributed by atoms with Crippen molar-refractivity contribution in [1.82, 2.24) is 0 Å². The van der Waals surface area contributed by atoms with Crippen LogP contribution in [0.25, 0.3) is 5.57 Å². The summed E-state index contributed by atoms with van der Waals surface area (Å²) in [5.74, 6) is -1.39. The van der Waals surface area contributed by atoms with Crippen molar-refractivity contribution in [2.45, 2.75) is 32.6 Å². The van der Waals surface area contributed by atoms with E-state index in [9.17, 15) is 4.79 Å². The lowest BCUT2D eigenvalue weighted by atomic mass is 9.82. The monoisotopic (exact) mass is 263 g/mol. The Bertz CT molecular complexity index is 652. The molecule has 3 rings (SSSR count). The fourth-order valence-electron chi connectivity index (χ4n) is 2.96. The second-order valence-electron chi connectivity index (χ2n) is 4.98. The fraction of sp³-hybridized carbons (Fsp3) is 0.400. The van der Waals surface area contributed by atoms with Crippen LogP contribution in [0.4, 0.5) is 0 Å². The standard InChI is InChI=1S/C15H16ClNO/c1-8-5-9-6-13-10(12(9)7-14(8)16)3-2-4-11(13)15(17)18/h5,7,11H,2-4,6H2,1H3,(H2,17,18)/i4D2. The first-order valence-electron chi connectivity index (χ1n) is 7.12. The summed E-state index contributed by atoms with van der Waals surface area (Å²) < 4.78 is 16.1. The second kappa shape index (κ2) is 4.13. The number of fused-ring (bicyclic) bond motifs is 2. The Hall–Kier alpha value is -1.28. The van der Waals surface area contributed by atoms with Crippen LogP contribution >= 0.6 is 11.6 Å². The van der Waals surface area contributed by atoms with Gasteiger partial charge in [-0.15, -0.1) is 0 Å². The van der Waals surface area contributed by atoms with Crippen LogP contribution in [-0.2, 0) is 11.2 Å². The molecule has 0 saturated carbocycles. The third kappa shape index (κ3) is 1.67. The number of nitrogens with two attached hydrogens (primary N) is 1. The molecule has 1 aromatic carbocycles. The zero-order valence-corrected chi connectivity index (χ0v) is 11.0. The number of carbonyl (C=O) groups excluding carboxylic acids is 1. The van der Waals surface area contributed by atoms with Gasteiger partial charge in [-0.2, -0.15) is 0 Å². The molecule has 1 amide bonds. The summed E-state index contributed by atoms with van der Waals surface area (Å²) >= 11 is 6.19. The Morgan fingerprint density at radius 2 is 2.33 bits per heavy atom. The van der Waals surface area contributed by atoms with Gasteiger partial charge in [0.05, 0.1) is 5.92 Å². The Kier molecular flexibility index (Phi) is 2.21. The largest absolute Gasteiger partial charge is 0.369 e. The lowest BCUT2D eigenvalue weighted by Gasteiger charge is -2.22. The van der Waals surface area contributed by atoms with E-state index in [4.69, 9.17) is 20.1 Å². The Balaban J connectivity index is 2.14. The van der Waals surface area contributed by atoms with Gasteiger partial charge in [0.1, 0.15) is 0 Å². The number of primary amides is 1. The first kappa shape index (κ1) is 9.62. The molecule has 2 N–H and O–H groups in total. The van der Waals surface area contributed by atoms with Gasteiger partial charge < -0.3 is 5.73 Å². The van der Waals surface area contributed by atoms with E-state index in [1.807, 2.05) is 19.1 Å². The van der Waals surface area contributed by atoms with Crippen molar-refractivity contribution in [2.75, 3.05) is 0 Å². The number of allylic oxidation sites excluding steroid dienone is 1. The molecular weight excluding hydrogens is 246 g/mol. The molecule has 0 radical (unpaired) electrons. The molecule has 2 nitrogen and oxygen atoms in total. The number of halogens is 1. The molecule has 0 saturated heterocycles. The molecule has 0 aromatic heterocycles. The summed E-state index contributed by atoms with van der Waals surface area (Å²) in [7, 11) is 0. The van der Waals surface area contributed by atoms with Crippen LogP contribution in [0.1, 0.15) is 38.6 Å². The topological polar surface area (TPSA) is 43.1 Å². The molecule has 18 heavy (non-hydrogen) atoms. The minimum absolute atomic E-state index is 0.324. The van der Waals surface area contributed by atoms with E-state index in [0.717, 1.165) is 27.8 Å². The number of benzene rings is 1. The first-order chi connectivity index (χ1) is 9.31. The molecule has 0 aliphatic heterocycles. The highest BCUT2D eigenvalue weighted by molar-refractivity contribution is 6.31. The van der Waals surface area contributed by atoms with E-state index in [-0.39, 0.29) is 0 Å². The Labute approximate surface area is 115 Å². The number of aryl methyl sites for hydroxylation is 1. The van der Waals surface area contributed by atoms with Gasteiger partial charge in [-0.25, -0.2) is 0 Å². The summed E-state index contributed by atoms with van der Waals surface area (Å²) in [5.41, 5.74) is 10.6. The van der Waals surface area contributed by atoms with Crippen molar-refractivity contribution in [3.05, 3.63) is 39.4 Å². The van der Waals surface area contributed by atoms with E-state index in [2.05, 4.69) is 0 Å². The van der Waals surface area contributed by atoms with Crippen LogP contribution < -0.4 is 5.73 Å². The molecule has 1 atom stereocenters. The summed E-state index contributed by atoms with van der Waals surface area (Å²) in [6.07, 6.45) is 0.0181. The fourth-order valence-corrected chi connectivity index (χ4v) is 3.13. The zero-order chi connectivity index (χ0) is 14.7. The van der Waals surface area contributed by atoms with E-state index in [1.54, 1.807) is 0 Å². The molecule has 3 heteroatoms. The number of rotatable bonds is 1. The van der Waals surface area contributed by atoms with Gasteiger partial charge in [-0.3, -0.25) is 4.79 Å². The molecule has 2 aliphatic carbocycles. The lowest BCUT2D eigenvalue weighted by molar-refractivity contribution is -0.121. The molecule has 2 aliphatic rings. The van der Waals surface area contributed by atoms with E-state index < -0.39 is 18.2 Å². The van der Waals surface area contributed by atoms with E-state index in [1.165, 1.54) is 0 Å². The summed E-state index contributed by atoms with van der Waals surface area (Å²) in [5, 5.41) is 0.710. The van der Waals surface area contributed by atoms with Gasteiger partial charge in [0, 0.05) is 7.76 Å². The normalized spacial score (nSPS) is 26.2. The predicted molar refractivity (Wildman–Crippen MR) is 73.3 cm³/mol. The minimum atomic E-state index is -1.55. The average molecular weight is 264 g/mol. The van der Waals surface area contributed by atoms with E-state index >= 15 is 0 Å². The Morgan fingerprint density at radius 1 is 1.56 bits per heavy atom. The summed E-state index contributed by atoms with van der Waals surface area (Å²) in [4.78, 5) is 11.7. The smallest absolute Gasteiger partial charge is 0.224 e. The maximum absolute atomic E-state index is 11.7. The lowest BCUT2D eigenvalue weighted by Crippen LogP contribution is -2.27. The van der Waals surface area contributed by atoms with Gasteiger partial charge in [0.25, 0.3) is 0 Å². The molecule has 0 bridgehead atoms. The molecule has 1 aromatic rings. The van der Waals surface area contributed by atoms with Crippen molar-refractivity contribution in [1.29, 1.82) is 0 Å². The number of amides is 1. The van der Waals surface area contributed by atoms with Crippen molar-refractivity contribution in [3.63, 3.8) is 0 Å². The molecule has 0 spiro atoms. The third-order valence-electron chi connectivity index (χ3n) is 3.83. The van der Waals surface area contributed by atoms with E-state index in [0.29, 0.717) is 24.3 Å².